The van der Waals surface area contributed by atoms with E-state index in [2.05, 4.69) is 76.2 Å². The molecular formula is C23H24. The Morgan fingerprint density at radius 1 is 0.913 bits per heavy atom. The smallest absolute Gasteiger partial charge is 0.00131 e. The van der Waals surface area contributed by atoms with Crippen molar-refractivity contribution >= 4 is 5.57 Å². The third kappa shape index (κ3) is 2.28. The molecule has 0 atom stereocenters. The van der Waals surface area contributed by atoms with Gasteiger partial charge in [-0.3, -0.25) is 0 Å². The quantitative estimate of drug-likeness (QED) is 0.493. The fourth-order valence-electron chi connectivity index (χ4n) is 4.14. The molecule has 0 nitrogen and oxygen atoms in total. The zero-order valence-corrected chi connectivity index (χ0v) is 14.5. The highest BCUT2D eigenvalue weighted by atomic mass is 14.3. The molecule has 0 unspecified atom stereocenters. The van der Waals surface area contributed by atoms with E-state index in [0.29, 0.717) is 0 Å². The SMILES string of the molecule is Cc1cc2c(c(C3=C(C(C)(C)C)C=CC3)c1)-c1ccccc1C2. The average Bonchev–Trinajstić information content (AvgIpc) is 3.10. The van der Waals surface area contributed by atoms with Crippen LogP contribution in [0.25, 0.3) is 16.7 Å². The highest BCUT2D eigenvalue weighted by Crippen LogP contribution is 2.47. The van der Waals surface area contributed by atoms with Crippen LogP contribution in [0, 0.1) is 12.3 Å². The van der Waals surface area contributed by atoms with Gasteiger partial charge in [-0.1, -0.05) is 74.9 Å². The van der Waals surface area contributed by atoms with Gasteiger partial charge in [0.2, 0.25) is 0 Å². The fourth-order valence-corrected chi connectivity index (χ4v) is 4.14. The first kappa shape index (κ1) is 14.5. The molecule has 0 saturated heterocycles. The summed E-state index contributed by atoms with van der Waals surface area (Å²) in [4.78, 5) is 0. The maximum absolute atomic E-state index is 2.40. The number of hydrogen-bond donors (Lipinski definition) is 0. The molecule has 0 aromatic heterocycles. The number of rotatable bonds is 1. The van der Waals surface area contributed by atoms with Crippen molar-refractivity contribution in [1.82, 2.24) is 0 Å². The zero-order valence-electron chi connectivity index (χ0n) is 14.5. The molecule has 4 rings (SSSR count). The van der Waals surface area contributed by atoms with E-state index < -0.39 is 0 Å². The molecule has 2 aliphatic rings. The third-order valence-electron chi connectivity index (χ3n) is 5.10. The molecule has 2 aromatic carbocycles. The van der Waals surface area contributed by atoms with Gasteiger partial charge in [-0.05, 0) is 64.1 Å². The second-order valence-corrected chi connectivity index (χ2v) is 7.93. The van der Waals surface area contributed by atoms with Crippen LogP contribution >= 0.6 is 0 Å². The summed E-state index contributed by atoms with van der Waals surface area (Å²) in [5.41, 5.74) is 11.9. The molecular weight excluding hydrogens is 276 g/mol. The van der Waals surface area contributed by atoms with Crippen LogP contribution in [0.15, 0.2) is 54.1 Å². The summed E-state index contributed by atoms with van der Waals surface area (Å²) in [6.07, 6.45) is 6.80. The van der Waals surface area contributed by atoms with E-state index in [1.165, 1.54) is 44.5 Å². The highest BCUT2D eigenvalue weighted by Gasteiger charge is 2.27. The largest absolute Gasteiger partial charge is 0.0798 e. The Bertz CT molecular complexity index is 854. The van der Waals surface area contributed by atoms with Gasteiger partial charge in [0.25, 0.3) is 0 Å². The maximum atomic E-state index is 2.40. The Morgan fingerprint density at radius 2 is 1.70 bits per heavy atom. The van der Waals surface area contributed by atoms with Gasteiger partial charge in [0.15, 0.2) is 0 Å². The lowest BCUT2D eigenvalue weighted by atomic mass is 9.81. The van der Waals surface area contributed by atoms with Crippen LogP contribution in [0.2, 0.25) is 0 Å². The molecule has 0 spiro atoms. The number of benzene rings is 2. The molecule has 116 valence electrons. The number of allylic oxidation sites excluding steroid dienone is 4. The molecule has 0 fully saturated rings. The van der Waals surface area contributed by atoms with E-state index in [1.54, 1.807) is 0 Å². The standard InChI is InChI=1S/C23H24/c1-15-12-17-14-16-8-5-6-9-18(16)22(17)20(13-15)19-10-7-11-21(19)23(2,3)4/h5-9,11-13H,10,14H2,1-4H3. The van der Waals surface area contributed by atoms with Crippen molar-refractivity contribution in [3.63, 3.8) is 0 Å². The molecule has 23 heavy (non-hydrogen) atoms. The fraction of sp³-hybridized carbons (Fsp3) is 0.304. The van der Waals surface area contributed by atoms with Gasteiger partial charge in [0.05, 0.1) is 0 Å². The lowest BCUT2D eigenvalue weighted by molar-refractivity contribution is 0.520. The van der Waals surface area contributed by atoms with Crippen LogP contribution in [0.5, 0.6) is 0 Å². The molecule has 0 saturated carbocycles. The number of aryl methyl sites for hydroxylation is 1. The molecule has 0 heteroatoms. The van der Waals surface area contributed by atoms with Crippen molar-refractivity contribution in [3.8, 4) is 11.1 Å². The van der Waals surface area contributed by atoms with Crippen molar-refractivity contribution in [1.29, 1.82) is 0 Å². The van der Waals surface area contributed by atoms with Crippen molar-refractivity contribution in [3.05, 3.63) is 76.4 Å². The molecule has 0 heterocycles. The third-order valence-corrected chi connectivity index (χ3v) is 5.10. The predicted molar refractivity (Wildman–Crippen MR) is 99.6 cm³/mol. The Labute approximate surface area is 139 Å². The van der Waals surface area contributed by atoms with Gasteiger partial charge >= 0.3 is 0 Å². The van der Waals surface area contributed by atoms with Gasteiger partial charge in [-0.15, -0.1) is 0 Å². The number of hydrogen-bond acceptors (Lipinski definition) is 0. The molecule has 0 radical (unpaired) electrons. The summed E-state index contributed by atoms with van der Waals surface area (Å²) in [5.74, 6) is 0. The Morgan fingerprint density at radius 3 is 2.48 bits per heavy atom. The molecule has 0 aliphatic heterocycles. The van der Waals surface area contributed by atoms with Gasteiger partial charge in [0, 0.05) is 0 Å². The molecule has 2 aromatic rings. The zero-order chi connectivity index (χ0) is 16.2. The Hall–Kier alpha value is -2.08. The summed E-state index contributed by atoms with van der Waals surface area (Å²) in [6, 6.07) is 13.7. The van der Waals surface area contributed by atoms with E-state index in [9.17, 15) is 0 Å². The van der Waals surface area contributed by atoms with Crippen LogP contribution in [-0.2, 0) is 6.42 Å². The summed E-state index contributed by atoms with van der Waals surface area (Å²) in [5, 5.41) is 0. The van der Waals surface area contributed by atoms with Crippen molar-refractivity contribution < 1.29 is 0 Å². The van der Waals surface area contributed by atoms with E-state index in [4.69, 9.17) is 0 Å². The van der Waals surface area contributed by atoms with Crippen molar-refractivity contribution in [2.45, 2.75) is 40.5 Å². The minimum atomic E-state index is 0.192. The first-order chi connectivity index (χ1) is 10.9. The van der Waals surface area contributed by atoms with E-state index in [-0.39, 0.29) is 5.41 Å². The van der Waals surface area contributed by atoms with Crippen LogP contribution in [0.1, 0.15) is 49.4 Å². The molecule has 2 aliphatic carbocycles. The topological polar surface area (TPSA) is 0 Å². The summed E-state index contributed by atoms with van der Waals surface area (Å²) in [6.45, 7) is 9.19. The van der Waals surface area contributed by atoms with Crippen molar-refractivity contribution in [2.75, 3.05) is 0 Å². The lowest BCUT2D eigenvalue weighted by Crippen LogP contribution is -2.08. The van der Waals surface area contributed by atoms with Crippen LogP contribution in [-0.4, -0.2) is 0 Å². The Balaban J connectivity index is 2.00. The van der Waals surface area contributed by atoms with Gasteiger partial charge < -0.3 is 0 Å². The van der Waals surface area contributed by atoms with Gasteiger partial charge in [0.1, 0.15) is 0 Å². The van der Waals surface area contributed by atoms with Gasteiger partial charge in [-0.2, -0.15) is 0 Å². The number of fused-ring (bicyclic) bond motifs is 3. The monoisotopic (exact) mass is 300 g/mol. The lowest BCUT2D eigenvalue weighted by Gasteiger charge is -2.23. The first-order valence-electron chi connectivity index (χ1n) is 8.57. The van der Waals surface area contributed by atoms with E-state index >= 15 is 0 Å². The van der Waals surface area contributed by atoms with Crippen LogP contribution in [0.3, 0.4) is 0 Å². The average molecular weight is 300 g/mol. The normalized spacial score (nSPS) is 16.0. The van der Waals surface area contributed by atoms with Crippen LogP contribution in [0.4, 0.5) is 0 Å². The van der Waals surface area contributed by atoms with E-state index in [1.807, 2.05) is 0 Å². The molecule has 0 bridgehead atoms. The molecule has 0 amide bonds. The maximum Gasteiger partial charge on any atom is -0.00131 e. The van der Waals surface area contributed by atoms with Crippen molar-refractivity contribution in [2.24, 2.45) is 5.41 Å². The second-order valence-electron chi connectivity index (χ2n) is 7.93. The summed E-state index contributed by atoms with van der Waals surface area (Å²) < 4.78 is 0. The summed E-state index contributed by atoms with van der Waals surface area (Å²) in [7, 11) is 0. The minimum Gasteiger partial charge on any atom is -0.0798 e. The summed E-state index contributed by atoms with van der Waals surface area (Å²) >= 11 is 0. The Kier molecular flexibility index (Phi) is 3.13. The predicted octanol–water partition coefficient (Wildman–Crippen LogP) is 6.33. The first-order valence-corrected chi connectivity index (χ1v) is 8.57. The highest BCUT2D eigenvalue weighted by molar-refractivity contribution is 5.91. The second kappa shape index (κ2) is 4.96. The van der Waals surface area contributed by atoms with Crippen LogP contribution < -0.4 is 0 Å². The van der Waals surface area contributed by atoms with Gasteiger partial charge in [-0.25, -0.2) is 0 Å². The van der Waals surface area contributed by atoms with E-state index in [0.717, 1.165) is 12.8 Å². The minimum absolute atomic E-state index is 0.192. The molecule has 0 N–H and O–H groups in total.